The van der Waals surface area contributed by atoms with Gasteiger partial charge in [-0.1, -0.05) is 0 Å². The highest BCUT2D eigenvalue weighted by atomic mass is 19.2. The quantitative estimate of drug-likeness (QED) is 0.468. The van der Waals surface area contributed by atoms with Crippen molar-refractivity contribution < 1.29 is 22.5 Å². The zero-order valence-electron chi connectivity index (χ0n) is 19.0. The van der Waals surface area contributed by atoms with Gasteiger partial charge in [-0.2, -0.15) is 5.10 Å². The molecule has 0 saturated heterocycles. The Labute approximate surface area is 189 Å². The third-order valence-corrected chi connectivity index (χ3v) is 5.93. The summed E-state index contributed by atoms with van der Waals surface area (Å²) in [6, 6.07) is 1.61. The second kappa shape index (κ2) is 8.38. The van der Waals surface area contributed by atoms with Crippen LogP contribution < -0.4 is 19.7 Å². The number of carbonyl (C=O) groups excluding carboxylic acids is 1. The lowest BCUT2D eigenvalue weighted by Gasteiger charge is -2.35. The van der Waals surface area contributed by atoms with E-state index in [0.29, 0.717) is 12.5 Å². The number of hydrogen-bond acceptors (Lipinski definition) is 5. The molecule has 11 heteroatoms. The van der Waals surface area contributed by atoms with Crippen molar-refractivity contribution in [3.05, 3.63) is 58.8 Å². The number of carbonyl (C=O) groups is 1. The summed E-state index contributed by atoms with van der Waals surface area (Å²) < 4.78 is 43.5. The van der Waals surface area contributed by atoms with Crippen molar-refractivity contribution in [2.45, 2.75) is 33.0 Å². The molecule has 0 fully saturated rings. The Morgan fingerprint density at radius 3 is 2.48 bits per heavy atom. The van der Waals surface area contributed by atoms with Crippen molar-refractivity contribution in [1.82, 2.24) is 14.8 Å². The van der Waals surface area contributed by atoms with Gasteiger partial charge in [0.2, 0.25) is 5.82 Å². The molecule has 1 aliphatic heterocycles. The van der Waals surface area contributed by atoms with E-state index < -0.39 is 17.5 Å². The Morgan fingerprint density at radius 2 is 1.82 bits per heavy atom. The van der Waals surface area contributed by atoms with E-state index in [4.69, 9.17) is 0 Å². The van der Waals surface area contributed by atoms with E-state index in [9.17, 15) is 18.0 Å². The fourth-order valence-electron chi connectivity index (χ4n) is 4.05. The van der Waals surface area contributed by atoms with Crippen LogP contribution in [0.2, 0.25) is 0 Å². The molecule has 1 unspecified atom stereocenters. The summed E-state index contributed by atoms with van der Waals surface area (Å²) in [5, 5.41) is 7.50. The molecule has 0 aliphatic carbocycles. The van der Waals surface area contributed by atoms with Gasteiger partial charge in [0.25, 0.3) is 5.91 Å². The first-order valence-corrected chi connectivity index (χ1v) is 10.4. The summed E-state index contributed by atoms with van der Waals surface area (Å²) in [6.07, 6.45) is 3.37. The molecule has 0 radical (unpaired) electrons. The fourth-order valence-corrected chi connectivity index (χ4v) is 4.05. The molecule has 8 nitrogen and oxygen atoms in total. The predicted octanol–water partition coefficient (Wildman–Crippen LogP) is 2.29. The zero-order valence-corrected chi connectivity index (χ0v) is 19.0. The molecule has 174 valence electrons. The van der Waals surface area contributed by atoms with Crippen LogP contribution in [-0.2, 0) is 24.9 Å². The second-order valence-corrected chi connectivity index (χ2v) is 8.21. The van der Waals surface area contributed by atoms with Crippen LogP contribution in [0.3, 0.4) is 0 Å². The van der Waals surface area contributed by atoms with Crippen LogP contribution in [0.5, 0.6) is 0 Å². The van der Waals surface area contributed by atoms with E-state index in [1.165, 1.54) is 4.68 Å². The highest BCUT2D eigenvalue weighted by Crippen LogP contribution is 2.34. The van der Waals surface area contributed by atoms with Gasteiger partial charge in [-0.25, -0.2) is 17.7 Å². The van der Waals surface area contributed by atoms with Gasteiger partial charge in [0.1, 0.15) is 17.4 Å². The standard InChI is InChI=1S/C22H24F3N7O/c1-12-19-20(29(3)13(2)21(33)30(19)4)31(5)22(28-12)26-8-15-9-27-32(11-15)10-14-6-16(23)18(25)17(24)7-14/h6-7,9,11,13H,8,10H2,1-5H3/p+1. The molecule has 2 aromatic heterocycles. The summed E-state index contributed by atoms with van der Waals surface area (Å²) in [6.45, 7) is 4.22. The maximum atomic E-state index is 13.5. The molecule has 1 aliphatic rings. The van der Waals surface area contributed by atoms with Crippen molar-refractivity contribution in [2.75, 3.05) is 29.2 Å². The maximum Gasteiger partial charge on any atom is 0.347 e. The van der Waals surface area contributed by atoms with Crippen molar-refractivity contribution in [1.29, 1.82) is 0 Å². The number of aryl methyl sites for hydroxylation is 1. The average molecular weight is 460 g/mol. The Bertz CT molecular complexity index is 1220. The lowest BCUT2D eigenvalue weighted by atomic mass is 10.1. The van der Waals surface area contributed by atoms with Gasteiger partial charge >= 0.3 is 5.95 Å². The van der Waals surface area contributed by atoms with Gasteiger partial charge < -0.3 is 4.90 Å². The molecule has 0 spiro atoms. The van der Waals surface area contributed by atoms with E-state index in [1.54, 1.807) is 24.3 Å². The number of amides is 1. The number of benzene rings is 1. The molecular formula is C22H25F3N7O+. The number of aromatic nitrogens is 4. The molecule has 1 atom stereocenters. The first kappa shape index (κ1) is 22.6. The molecule has 3 heterocycles. The number of nitrogens with one attached hydrogen (secondary N) is 1. The van der Waals surface area contributed by atoms with E-state index in [1.807, 2.05) is 37.4 Å². The summed E-state index contributed by atoms with van der Waals surface area (Å²) in [4.78, 5) is 20.7. The van der Waals surface area contributed by atoms with Gasteiger partial charge in [-0.3, -0.25) is 19.7 Å². The smallest absolute Gasteiger partial charge is 0.305 e. The van der Waals surface area contributed by atoms with E-state index in [0.717, 1.165) is 34.9 Å². The number of fused-ring (bicyclic) bond motifs is 1. The molecule has 3 aromatic rings. The summed E-state index contributed by atoms with van der Waals surface area (Å²) in [5.74, 6) is -2.46. The van der Waals surface area contributed by atoms with E-state index in [2.05, 4.69) is 15.4 Å². The van der Waals surface area contributed by atoms with Crippen LogP contribution in [0.4, 0.5) is 30.6 Å². The Morgan fingerprint density at radius 1 is 1.15 bits per heavy atom. The van der Waals surface area contributed by atoms with Crippen LogP contribution in [0, 0.1) is 24.4 Å². The number of hydrogen-bond donors (Lipinski definition) is 1. The first-order chi connectivity index (χ1) is 15.6. The van der Waals surface area contributed by atoms with Gasteiger partial charge in [-0.05, 0) is 31.5 Å². The zero-order chi connectivity index (χ0) is 24.0. The summed E-state index contributed by atoms with van der Waals surface area (Å²) >= 11 is 0. The highest BCUT2D eigenvalue weighted by Gasteiger charge is 2.39. The average Bonchev–Trinajstić information content (AvgIpc) is 3.21. The highest BCUT2D eigenvalue weighted by molar-refractivity contribution is 6.04. The van der Waals surface area contributed by atoms with Crippen LogP contribution in [-0.4, -0.2) is 40.8 Å². The molecular weight excluding hydrogens is 435 g/mol. The molecule has 1 aromatic carbocycles. The second-order valence-electron chi connectivity index (χ2n) is 8.21. The van der Waals surface area contributed by atoms with E-state index >= 15 is 0 Å². The van der Waals surface area contributed by atoms with Gasteiger partial charge in [0, 0.05) is 25.9 Å². The predicted molar refractivity (Wildman–Crippen MR) is 116 cm³/mol. The third-order valence-electron chi connectivity index (χ3n) is 5.93. The maximum absolute atomic E-state index is 13.5. The van der Waals surface area contributed by atoms with Crippen LogP contribution in [0.1, 0.15) is 23.7 Å². The van der Waals surface area contributed by atoms with Crippen LogP contribution >= 0.6 is 0 Å². The van der Waals surface area contributed by atoms with Crippen molar-refractivity contribution in [3.8, 4) is 0 Å². The molecule has 4 rings (SSSR count). The first-order valence-electron chi connectivity index (χ1n) is 10.4. The topological polar surface area (TPSA) is 70.2 Å². The van der Waals surface area contributed by atoms with Crippen molar-refractivity contribution >= 4 is 23.4 Å². The van der Waals surface area contributed by atoms with E-state index in [-0.39, 0.29) is 24.1 Å². The monoisotopic (exact) mass is 460 g/mol. The number of halogens is 3. The Kier molecular flexibility index (Phi) is 5.73. The third kappa shape index (κ3) is 3.98. The van der Waals surface area contributed by atoms with Crippen molar-refractivity contribution in [2.24, 2.45) is 7.05 Å². The lowest BCUT2D eigenvalue weighted by Crippen LogP contribution is -2.55. The number of anilines is 3. The molecule has 1 amide bonds. The normalized spacial score (nSPS) is 15.8. The summed E-state index contributed by atoms with van der Waals surface area (Å²) in [5.41, 5.74) is 2.57. The Balaban J connectivity index is 1.52. The largest absolute Gasteiger partial charge is 0.347 e. The van der Waals surface area contributed by atoms with Gasteiger partial charge in [0.15, 0.2) is 17.5 Å². The van der Waals surface area contributed by atoms with Gasteiger partial charge in [-0.15, -0.1) is 4.98 Å². The minimum Gasteiger partial charge on any atom is -0.305 e. The van der Waals surface area contributed by atoms with Crippen LogP contribution in [0.25, 0.3) is 0 Å². The molecule has 1 N–H and O–H groups in total. The molecule has 0 saturated carbocycles. The van der Waals surface area contributed by atoms with Crippen molar-refractivity contribution in [3.63, 3.8) is 0 Å². The Hall–Kier alpha value is -3.63. The SMILES string of the molecule is Cc1nc(NCc2cnn(Cc3cc(F)c(F)c(F)c3)c2)[n+](C)c2c1N(C)C(=O)C(C)N2C. The lowest BCUT2D eigenvalue weighted by molar-refractivity contribution is -0.646. The molecule has 33 heavy (non-hydrogen) atoms. The number of likely N-dealkylation sites (N-methyl/N-ethyl adjacent to an activating group) is 2. The van der Waals surface area contributed by atoms with Crippen LogP contribution in [0.15, 0.2) is 24.5 Å². The minimum absolute atomic E-state index is 0.00365. The minimum atomic E-state index is -1.49. The summed E-state index contributed by atoms with van der Waals surface area (Å²) in [7, 11) is 5.50. The number of nitrogens with zero attached hydrogens (tertiary/aromatic N) is 6. The van der Waals surface area contributed by atoms with Gasteiger partial charge in [0.05, 0.1) is 26.3 Å². The fraction of sp³-hybridized carbons (Fsp3) is 0.364. The molecule has 0 bridgehead atoms. The number of rotatable bonds is 5.